The van der Waals surface area contributed by atoms with Gasteiger partial charge in [0.2, 0.25) is 10.0 Å². The monoisotopic (exact) mass is 466 g/mol. The van der Waals surface area contributed by atoms with Crippen molar-refractivity contribution < 1.29 is 12.8 Å². The molecule has 1 unspecified atom stereocenters. The van der Waals surface area contributed by atoms with Crippen LogP contribution >= 0.6 is 11.6 Å². The van der Waals surface area contributed by atoms with Gasteiger partial charge in [-0.15, -0.1) is 0 Å². The van der Waals surface area contributed by atoms with Gasteiger partial charge in [-0.1, -0.05) is 24.9 Å². The van der Waals surface area contributed by atoms with E-state index >= 15 is 0 Å². The molecule has 11 heteroatoms. The first-order valence-corrected chi connectivity index (χ1v) is 12.3. The molecule has 0 amide bonds. The summed E-state index contributed by atoms with van der Waals surface area (Å²) in [5, 5.41) is 4.21. The quantitative estimate of drug-likeness (QED) is 0.548. The smallest absolute Gasteiger partial charge is 0.214 e. The van der Waals surface area contributed by atoms with Crippen LogP contribution in [0.3, 0.4) is 0 Å². The number of pyridine rings is 1. The lowest BCUT2D eigenvalue weighted by atomic mass is 10.1. The number of hydrogen-bond donors (Lipinski definition) is 2. The fraction of sp³-hybridized carbons (Fsp3) is 0.450. The summed E-state index contributed by atoms with van der Waals surface area (Å²) in [7, 11) is -3.33. The molecule has 1 fully saturated rings. The molecule has 0 radical (unpaired) electrons. The second-order valence-electron chi connectivity index (χ2n) is 7.60. The fourth-order valence-corrected chi connectivity index (χ4v) is 5.87. The molecule has 166 valence electrons. The van der Waals surface area contributed by atoms with Crippen molar-refractivity contribution in [2.24, 2.45) is 0 Å². The second kappa shape index (κ2) is 9.05. The summed E-state index contributed by atoms with van der Waals surface area (Å²) in [6.45, 7) is 2.62. The summed E-state index contributed by atoms with van der Waals surface area (Å²) >= 11 is 6.06. The molecule has 0 spiro atoms. The van der Waals surface area contributed by atoms with Crippen LogP contribution in [0.15, 0.2) is 24.7 Å². The molecule has 31 heavy (non-hydrogen) atoms. The number of aromatic amines is 1. The van der Waals surface area contributed by atoms with Gasteiger partial charge in [0.1, 0.15) is 5.65 Å². The number of H-pyrrole nitrogens is 1. The normalized spacial score (nSPS) is 17.8. The first kappa shape index (κ1) is 21.9. The van der Waals surface area contributed by atoms with Gasteiger partial charge >= 0.3 is 0 Å². The minimum atomic E-state index is -3.33. The predicted octanol–water partition coefficient (Wildman–Crippen LogP) is 3.82. The zero-order valence-corrected chi connectivity index (χ0v) is 18.7. The maximum atomic E-state index is 14.4. The number of anilines is 1. The minimum Gasteiger partial charge on any atom is -0.366 e. The zero-order valence-electron chi connectivity index (χ0n) is 17.1. The molecule has 1 aliphatic rings. The molecule has 0 saturated carbocycles. The number of rotatable bonds is 7. The Morgan fingerprint density at radius 3 is 2.97 bits per heavy atom. The van der Waals surface area contributed by atoms with Crippen molar-refractivity contribution in [2.75, 3.05) is 24.2 Å². The summed E-state index contributed by atoms with van der Waals surface area (Å²) in [5.41, 5.74) is 1.28. The van der Waals surface area contributed by atoms with Gasteiger partial charge in [0, 0.05) is 42.5 Å². The molecule has 3 aromatic rings. The van der Waals surface area contributed by atoms with E-state index in [2.05, 4.69) is 25.3 Å². The number of piperidine rings is 1. The number of nitrogens with one attached hydrogen (secondary N) is 2. The highest BCUT2D eigenvalue weighted by atomic mass is 35.5. The molecular weight excluding hydrogens is 443 g/mol. The highest BCUT2D eigenvalue weighted by molar-refractivity contribution is 7.89. The molecule has 1 aliphatic heterocycles. The first-order valence-electron chi connectivity index (χ1n) is 10.3. The minimum absolute atomic E-state index is 0.0350. The molecule has 0 aromatic carbocycles. The van der Waals surface area contributed by atoms with Crippen LogP contribution in [-0.4, -0.2) is 57.5 Å². The van der Waals surface area contributed by atoms with E-state index in [0.29, 0.717) is 35.0 Å². The van der Waals surface area contributed by atoms with Gasteiger partial charge in [-0.2, -0.15) is 4.31 Å². The van der Waals surface area contributed by atoms with Crippen molar-refractivity contribution in [2.45, 2.75) is 38.6 Å². The van der Waals surface area contributed by atoms with E-state index in [0.717, 1.165) is 30.8 Å². The van der Waals surface area contributed by atoms with Crippen LogP contribution in [0, 0.1) is 5.82 Å². The number of aromatic nitrogens is 4. The average molecular weight is 467 g/mol. The summed E-state index contributed by atoms with van der Waals surface area (Å²) in [6.07, 6.45) is 7.40. The lowest BCUT2D eigenvalue weighted by Gasteiger charge is -2.34. The fourth-order valence-electron chi connectivity index (χ4n) is 3.92. The Balaban J connectivity index is 1.57. The van der Waals surface area contributed by atoms with Crippen LogP contribution in [0.2, 0.25) is 5.02 Å². The zero-order chi connectivity index (χ0) is 22.0. The third-order valence-electron chi connectivity index (χ3n) is 5.38. The molecule has 0 aliphatic carbocycles. The van der Waals surface area contributed by atoms with Crippen molar-refractivity contribution >= 4 is 38.5 Å². The van der Waals surface area contributed by atoms with E-state index in [4.69, 9.17) is 11.6 Å². The lowest BCUT2D eigenvalue weighted by molar-refractivity contribution is 0.261. The Hall–Kier alpha value is -2.30. The van der Waals surface area contributed by atoms with Crippen molar-refractivity contribution in [1.82, 2.24) is 24.2 Å². The largest absolute Gasteiger partial charge is 0.366 e. The van der Waals surface area contributed by atoms with E-state index in [1.165, 1.54) is 6.20 Å². The Bertz CT molecular complexity index is 1190. The first-order chi connectivity index (χ1) is 14.9. The summed E-state index contributed by atoms with van der Waals surface area (Å²) < 4.78 is 41.2. The summed E-state index contributed by atoms with van der Waals surface area (Å²) in [5.74, 6) is -0.128. The molecule has 1 atom stereocenters. The van der Waals surface area contributed by atoms with E-state index in [1.54, 1.807) is 16.6 Å². The van der Waals surface area contributed by atoms with Crippen molar-refractivity contribution in [3.63, 3.8) is 0 Å². The van der Waals surface area contributed by atoms with Crippen molar-refractivity contribution in [3.05, 3.63) is 35.5 Å². The molecule has 8 nitrogen and oxygen atoms in total. The van der Waals surface area contributed by atoms with E-state index in [9.17, 15) is 12.8 Å². The Kier molecular flexibility index (Phi) is 6.40. The Labute approximate surface area is 185 Å². The van der Waals surface area contributed by atoms with Gasteiger partial charge in [-0.3, -0.25) is 0 Å². The van der Waals surface area contributed by atoms with Gasteiger partial charge in [0.05, 0.1) is 17.0 Å². The maximum Gasteiger partial charge on any atom is 0.214 e. The molecular formula is C20H24ClFN6O2S. The highest BCUT2D eigenvalue weighted by Crippen LogP contribution is 2.28. The van der Waals surface area contributed by atoms with E-state index in [1.807, 2.05) is 6.92 Å². The molecule has 4 heterocycles. The Morgan fingerprint density at radius 2 is 2.16 bits per heavy atom. The highest BCUT2D eigenvalue weighted by Gasteiger charge is 2.31. The standard InChI is InChI=1S/C20H24ClFN6O2S/c1-2-7-31(29,30)28-6-4-3-5-14(28)10-24-20-17(22)12-26-19(27-20)16-11-25-18-15(16)8-13(21)9-23-18/h8-9,11-12,14H,2-7,10H2,1H3,(H,23,25)(H,24,26,27). The van der Waals surface area contributed by atoms with Gasteiger partial charge in [0.25, 0.3) is 0 Å². The summed E-state index contributed by atoms with van der Waals surface area (Å²) in [6, 6.07) is 1.51. The topological polar surface area (TPSA) is 104 Å². The van der Waals surface area contributed by atoms with Gasteiger partial charge in [-0.05, 0) is 25.3 Å². The summed E-state index contributed by atoms with van der Waals surface area (Å²) in [4.78, 5) is 15.7. The third kappa shape index (κ3) is 4.65. The molecule has 2 N–H and O–H groups in total. The van der Waals surface area contributed by atoms with Crippen LogP contribution in [0.25, 0.3) is 22.4 Å². The molecule has 3 aromatic heterocycles. The number of hydrogen-bond acceptors (Lipinski definition) is 6. The van der Waals surface area contributed by atoms with Crippen LogP contribution in [0.5, 0.6) is 0 Å². The number of sulfonamides is 1. The average Bonchev–Trinajstić information content (AvgIpc) is 3.16. The van der Waals surface area contributed by atoms with Crippen molar-refractivity contribution in [1.29, 1.82) is 0 Å². The van der Waals surface area contributed by atoms with Crippen LogP contribution in [-0.2, 0) is 10.0 Å². The molecule has 1 saturated heterocycles. The van der Waals surface area contributed by atoms with Crippen LogP contribution < -0.4 is 5.32 Å². The van der Waals surface area contributed by atoms with Crippen LogP contribution in [0.1, 0.15) is 32.6 Å². The number of nitrogens with zero attached hydrogens (tertiary/aromatic N) is 4. The van der Waals surface area contributed by atoms with Gasteiger partial charge in [-0.25, -0.2) is 27.8 Å². The molecule has 4 rings (SSSR count). The SMILES string of the molecule is CCCS(=O)(=O)N1CCCCC1CNc1nc(-c2c[nH]c3ncc(Cl)cc23)ncc1F. The third-order valence-corrected chi connectivity index (χ3v) is 7.71. The van der Waals surface area contributed by atoms with E-state index in [-0.39, 0.29) is 24.2 Å². The van der Waals surface area contributed by atoms with Gasteiger partial charge < -0.3 is 10.3 Å². The maximum absolute atomic E-state index is 14.4. The number of fused-ring (bicyclic) bond motifs is 1. The van der Waals surface area contributed by atoms with Gasteiger partial charge in [0.15, 0.2) is 17.5 Å². The predicted molar refractivity (Wildman–Crippen MR) is 119 cm³/mol. The van der Waals surface area contributed by atoms with Crippen LogP contribution in [0.4, 0.5) is 10.2 Å². The number of halogens is 2. The molecule has 0 bridgehead atoms. The Morgan fingerprint density at radius 1 is 1.32 bits per heavy atom. The lowest BCUT2D eigenvalue weighted by Crippen LogP contribution is -2.47. The van der Waals surface area contributed by atoms with E-state index < -0.39 is 15.8 Å². The second-order valence-corrected chi connectivity index (χ2v) is 10.1. The van der Waals surface area contributed by atoms with Crippen molar-refractivity contribution in [3.8, 4) is 11.4 Å².